The van der Waals surface area contributed by atoms with E-state index in [4.69, 9.17) is 4.98 Å². The number of urea groups is 1. The molecule has 162 valence electrons. The molecule has 1 aliphatic carbocycles. The maximum absolute atomic E-state index is 12.9. The minimum Gasteiger partial charge on any atom is -0.481 e. The fourth-order valence-corrected chi connectivity index (χ4v) is 5.11. The molecule has 1 aromatic carbocycles. The largest absolute Gasteiger partial charge is 0.481 e. The maximum Gasteiger partial charge on any atom is 0.317 e. The summed E-state index contributed by atoms with van der Waals surface area (Å²) in [5.41, 5.74) is 2.03. The van der Waals surface area contributed by atoms with Crippen LogP contribution >= 0.6 is 0 Å². The number of aliphatic carboxylic acids is 1. The lowest BCUT2D eigenvalue weighted by Gasteiger charge is -2.39. The van der Waals surface area contributed by atoms with E-state index in [1.54, 1.807) is 0 Å². The predicted octanol–water partition coefficient (Wildman–Crippen LogP) is 3.57. The van der Waals surface area contributed by atoms with Crippen LogP contribution in [0.2, 0.25) is 0 Å². The zero-order chi connectivity index (χ0) is 21.1. The van der Waals surface area contributed by atoms with Crippen molar-refractivity contribution >= 4 is 23.0 Å². The highest BCUT2D eigenvalue weighted by atomic mass is 16.4. The first-order valence-corrected chi connectivity index (χ1v) is 11.2. The molecule has 0 unspecified atom stereocenters. The van der Waals surface area contributed by atoms with Crippen LogP contribution in [-0.4, -0.2) is 50.7 Å². The Morgan fingerprint density at radius 2 is 1.90 bits per heavy atom. The van der Waals surface area contributed by atoms with Crippen LogP contribution in [0.5, 0.6) is 0 Å². The van der Waals surface area contributed by atoms with E-state index in [2.05, 4.69) is 9.88 Å². The Bertz CT molecular complexity index is 903. The van der Waals surface area contributed by atoms with E-state index in [9.17, 15) is 14.7 Å². The Hall–Kier alpha value is -2.57. The second-order valence-electron chi connectivity index (χ2n) is 8.92. The quantitative estimate of drug-likeness (QED) is 0.786. The molecule has 2 atom stereocenters. The van der Waals surface area contributed by atoms with Crippen LogP contribution in [-0.2, 0) is 18.3 Å². The van der Waals surface area contributed by atoms with Gasteiger partial charge in [-0.25, -0.2) is 9.78 Å². The summed E-state index contributed by atoms with van der Waals surface area (Å²) in [5.74, 6) is 0.324. The SMILES string of the molecule is Cn1c(C[C@H]2CN(C(=O)NC3CCCCC3)CC[C@H]2CC(=O)O)nc2ccccc21. The number of carbonyl (C=O) groups excluding carboxylic acids is 1. The third-order valence-electron chi connectivity index (χ3n) is 6.87. The Labute approximate surface area is 177 Å². The van der Waals surface area contributed by atoms with Gasteiger partial charge in [0.1, 0.15) is 5.82 Å². The lowest BCUT2D eigenvalue weighted by atomic mass is 9.81. The molecule has 2 amide bonds. The van der Waals surface area contributed by atoms with Crippen molar-refractivity contribution in [2.45, 2.75) is 57.4 Å². The molecule has 2 aromatic rings. The summed E-state index contributed by atoms with van der Waals surface area (Å²) in [6.07, 6.45) is 7.28. The minimum atomic E-state index is -0.768. The topological polar surface area (TPSA) is 87.5 Å². The summed E-state index contributed by atoms with van der Waals surface area (Å²) in [5, 5.41) is 12.6. The van der Waals surface area contributed by atoms with Crippen molar-refractivity contribution in [3.05, 3.63) is 30.1 Å². The lowest BCUT2D eigenvalue weighted by Crippen LogP contribution is -2.51. The molecule has 2 fully saturated rings. The number of likely N-dealkylation sites (tertiary alicyclic amines) is 1. The molecule has 0 radical (unpaired) electrons. The van der Waals surface area contributed by atoms with Crippen LogP contribution in [0.4, 0.5) is 4.79 Å². The average molecular weight is 413 g/mol. The summed E-state index contributed by atoms with van der Waals surface area (Å²) < 4.78 is 2.09. The van der Waals surface area contributed by atoms with Crippen LogP contribution in [0, 0.1) is 11.8 Å². The normalized spacial score (nSPS) is 22.9. The van der Waals surface area contributed by atoms with Gasteiger partial charge in [0.25, 0.3) is 0 Å². The van der Waals surface area contributed by atoms with Crippen molar-refractivity contribution in [1.82, 2.24) is 19.8 Å². The first-order chi connectivity index (χ1) is 14.5. The van der Waals surface area contributed by atoms with Gasteiger partial charge in [-0.05, 0) is 43.2 Å². The molecule has 1 saturated carbocycles. The Morgan fingerprint density at radius 3 is 2.63 bits per heavy atom. The molecule has 1 aliphatic heterocycles. The smallest absolute Gasteiger partial charge is 0.317 e. The predicted molar refractivity (Wildman–Crippen MR) is 115 cm³/mol. The van der Waals surface area contributed by atoms with E-state index < -0.39 is 5.97 Å². The zero-order valence-electron chi connectivity index (χ0n) is 17.7. The van der Waals surface area contributed by atoms with E-state index in [1.807, 2.05) is 36.2 Å². The number of carboxylic acids is 1. The molecule has 0 bridgehead atoms. The number of nitrogens with one attached hydrogen (secondary N) is 1. The Balaban J connectivity index is 1.48. The number of benzene rings is 1. The maximum atomic E-state index is 12.9. The highest BCUT2D eigenvalue weighted by Gasteiger charge is 2.34. The number of fused-ring (bicyclic) bond motifs is 1. The number of hydrogen-bond acceptors (Lipinski definition) is 3. The third kappa shape index (κ3) is 4.60. The van der Waals surface area contributed by atoms with E-state index >= 15 is 0 Å². The molecule has 7 heteroatoms. The van der Waals surface area contributed by atoms with Gasteiger partial charge in [0.05, 0.1) is 11.0 Å². The number of nitrogens with zero attached hydrogens (tertiary/aromatic N) is 3. The average Bonchev–Trinajstić information content (AvgIpc) is 3.05. The molecule has 1 aromatic heterocycles. The van der Waals surface area contributed by atoms with Crippen LogP contribution in [0.3, 0.4) is 0 Å². The summed E-state index contributed by atoms with van der Waals surface area (Å²) in [6.45, 7) is 1.20. The molecule has 1 saturated heterocycles. The number of carboxylic acid groups (broad SMARTS) is 1. The van der Waals surface area contributed by atoms with E-state index in [0.29, 0.717) is 19.5 Å². The van der Waals surface area contributed by atoms with Gasteiger partial charge in [-0.15, -0.1) is 0 Å². The van der Waals surface area contributed by atoms with Gasteiger partial charge >= 0.3 is 12.0 Å². The first-order valence-electron chi connectivity index (χ1n) is 11.2. The number of carbonyl (C=O) groups is 2. The lowest BCUT2D eigenvalue weighted by molar-refractivity contribution is -0.139. The molecule has 2 N–H and O–H groups in total. The summed E-state index contributed by atoms with van der Waals surface area (Å²) in [4.78, 5) is 31.0. The number of para-hydroxylation sites is 2. The van der Waals surface area contributed by atoms with E-state index in [-0.39, 0.29) is 30.3 Å². The molecule has 2 aliphatic rings. The van der Waals surface area contributed by atoms with Crippen LogP contribution in [0.1, 0.15) is 50.8 Å². The van der Waals surface area contributed by atoms with Crippen molar-refractivity contribution in [2.24, 2.45) is 18.9 Å². The van der Waals surface area contributed by atoms with Crippen molar-refractivity contribution in [2.75, 3.05) is 13.1 Å². The van der Waals surface area contributed by atoms with Gasteiger partial charge < -0.3 is 19.9 Å². The minimum absolute atomic E-state index is 0.00526. The van der Waals surface area contributed by atoms with E-state index in [1.165, 1.54) is 19.3 Å². The van der Waals surface area contributed by atoms with Crippen molar-refractivity contribution < 1.29 is 14.7 Å². The second kappa shape index (κ2) is 9.06. The molecule has 30 heavy (non-hydrogen) atoms. The van der Waals surface area contributed by atoms with Crippen molar-refractivity contribution in [1.29, 1.82) is 0 Å². The molecule has 4 rings (SSSR count). The Kier molecular flexibility index (Phi) is 6.25. The monoisotopic (exact) mass is 412 g/mol. The fraction of sp³-hybridized carbons (Fsp3) is 0.609. The van der Waals surface area contributed by atoms with Gasteiger partial charge in [-0.3, -0.25) is 4.79 Å². The molecule has 7 nitrogen and oxygen atoms in total. The highest BCUT2D eigenvalue weighted by molar-refractivity contribution is 5.76. The van der Waals surface area contributed by atoms with Gasteiger partial charge in [0.15, 0.2) is 0 Å². The van der Waals surface area contributed by atoms with Gasteiger partial charge in [0, 0.05) is 39.0 Å². The van der Waals surface area contributed by atoms with E-state index in [0.717, 1.165) is 36.1 Å². The van der Waals surface area contributed by atoms with Crippen molar-refractivity contribution in [3.63, 3.8) is 0 Å². The molecular formula is C23H32N4O3. The zero-order valence-corrected chi connectivity index (χ0v) is 17.7. The summed E-state index contributed by atoms with van der Waals surface area (Å²) >= 11 is 0. The summed E-state index contributed by atoms with van der Waals surface area (Å²) in [7, 11) is 2.01. The number of aryl methyl sites for hydroxylation is 1. The number of hydrogen-bond donors (Lipinski definition) is 2. The van der Waals surface area contributed by atoms with Crippen LogP contribution < -0.4 is 5.32 Å². The van der Waals surface area contributed by atoms with Gasteiger partial charge in [-0.2, -0.15) is 0 Å². The standard InChI is InChI=1S/C23H32N4O3/c1-26-20-10-6-5-9-19(20)25-21(26)13-17-15-27(12-11-16(17)14-22(28)29)23(30)24-18-7-3-2-4-8-18/h5-6,9-10,16-18H,2-4,7-8,11-15H2,1H3,(H,24,30)(H,28,29)/t16-,17-/m0/s1. The number of piperidine rings is 1. The third-order valence-corrected chi connectivity index (χ3v) is 6.87. The number of amides is 2. The molecule has 2 heterocycles. The number of aromatic nitrogens is 2. The van der Waals surface area contributed by atoms with Gasteiger partial charge in [0.2, 0.25) is 0 Å². The first kappa shape index (κ1) is 20.7. The fourth-order valence-electron chi connectivity index (χ4n) is 5.11. The highest BCUT2D eigenvalue weighted by Crippen LogP contribution is 2.30. The molecule has 0 spiro atoms. The number of imidazole rings is 1. The number of rotatable bonds is 5. The van der Waals surface area contributed by atoms with Crippen molar-refractivity contribution in [3.8, 4) is 0 Å². The second-order valence-corrected chi connectivity index (χ2v) is 8.92. The van der Waals surface area contributed by atoms with Crippen LogP contribution in [0.25, 0.3) is 11.0 Å². The van der Waals surface area contributed by atoms with Crippen LogP contribution in [0.15, 0.2) is 24.3 Å². The van der Waals surface area contributed by atoms with Gasteiger partial charge in [-0.1, -0.05) is 31.4 Å². The molecular weight excluding hydrogens is 380 g/mol. The summed E-state index contributed by atoms with van der Waals surface area (Å²) in [6, 6.07) is 8.31. The Morgan fingerprint density at radius 1 is 1.13 bits per heavy atom.